The lowest BCUT2D eigenvalue weighted by atomic mass is 10.2. The Morgan fingerprint density at radius 3 is 2.60 bits per heavy atom. The van der Waals surface area contributed by atoms with Crippen LogP contribution in [0.25, 0.3) is 0 Å². The molecule has 0 heterocycles. The molecule has 0 aliphatic heterocycles. The van der Waals surface area contributed by atoms with Crippen LogP contribution in [-0.2, 0) is 0 Å². The molecule has 0 aliphatic rings. The molecular weight excluding hydrogens is 239 g/mol. The Labute approximate surface area is 97.9 Å². The van der Waals surface area contributed by atoms with Crippen LogP contribution in [0.1, 0.15) is 17.3 Å². The van der Waals surface area contributed by atoms with Gasteiger partial charge in [-0.25, -0.2) is 0 Å². The largest absolute Gasteiger partial charge is 0.491 e. The fourth-order valence-corrected chi connectivity index (χ4v) is 1.54. The monoisotopic (exact) mass is 248 g/mol. The minimum atomic E-state index is -0.583. The molecule has 5 heteroatoms. The van der Waals surface area contributed by atoms with Gasteiger partial charge in [-0.15, -0.1) is 0 Å². The Hall–Kier alpha value is -0.930. The molecule has 0 bridgehead atoms. The summed E-state index contributed by atoms with van der Waals surface area (Å²) >= 11 is 11.2. The second-order valence-electron chi connectivity index (χ2n) is 2.70. The molecule has 1 aromatic carbocycles. The summed E-state index contributed by atoms with van der Waals surface area (Å²) in [4.78, 5) is 11.0. The maximum Gasteiger partial charge on any atom is 0.252 e. The molecule has 0 saturated carbocycles. The van der Waals surface area contributed by atoms with Gasteiger partial charge in [-0.05, 0) is 30.7 Å². The molecule has 0 aliphatic carbocycles. The number of carbonyl (C=O) groups excluding carboxylic acids is 1. The van der Waals surface area contributed by atoms with Gasteiger partial charge >= 0.3 is 0 Å². The Morgan fingerprint density at radius 1 is 1.47 bits per heavy atom. The van der Waals surface area contributed by atoms with Crippen LogP contribution in [0.2, 0.25) is 5.02 Å². The topological polar surface area (TPSA) is 35.5 Å². The van der Waals surface area contributed by atoms with E-state index in [0.29, 0.717) is 23.1 Å². The van der Waals surface area contributed by atoms with Crippen molar-refractivity contribution in [3.63, 3.8) is 0 Å². The van der Waals surface area contributed by atoms with Crippen LogP contribution in [-0.4, -0.2) is 19.0 Å². The van der Waals surface area contributed by atoms with Crippen LogP contribution in [0.15, 0.2) is 12.1 Å². The van der Waals surface area contributed by atoms with Gasteiger partial charge in [0.25, 0.3) is 5.24 Å². The molecule has 0 atom stereocenters. The first kappa shape index (κ1) is 12.1. The normalized spacial score (nSPS) is 9.87. The Bertz CT molecular complexity index is 377. The summed E-state index contributed by atoms with van der Waals surface area (Å²) in [6, 6.07) is 2.95. The van der Waals surface area contributed by atoms with E-state index in [-0.39, 0.29) is 5.56 Å². The molecule has 0 fully saturated rings. The molecule has 15 heavy (non-hydrogen) atoms. The van der Waals surface area contributed by atoms with Gasteiger partial charge in [0, 0.05) is 5.56 Å². The number of hydrogen-bond donors (Lipinski definition) is 0. The van der Waals surface area contributed by atoms with Crippen molar-refractivity contribution in [1.82, 2.24) is 0 Å². The molecule has 0 unspecified atom stereocenters. The molecular formula is C10H10Cl2O3. The van der Waals surface area contributed by atoms with Crippen molar-refractivity contribution in [1.29, 1.82) is 0 Å². The van der Waals surface area contributed by atoms with E-state index in [9.17, 15) is 4.79 Å². The molecule has 0 amide bonds. The maximum atomic E-state index is 11.0. The summed E-state index contributed by atoms with van der Waals surface area (Å²) in [6.45, 7) is 2.27. The fourth-order valence-electron chi connectivity index (χ4n) is 1.14. The standard InChI is InChI=1S/C10H10Cl2O3/c1-3-15-8-5-6(10(12)13)4-7(11)9(8)14-2/h4-5H,3H2,1-2H3. The average Bonchev–Trinajstić information content (AvgIpc) is 2.17. The lowest BCUT2D eigenvalue weighted by Crippen LogP contribution is -1.98. The van der Waals surface area contributed by atoms with Gasteiger partial charge < -0.3 is 9.47 Å². The second-order valence-corrected chi connectivity index (χ2v) is 3.45. The number of hydrogen-bond acceptors (Lipinski definition) is 3. The Balaban J connectivity index is 3.25. The van der Waals surface area contributed by atoms with Crippen LogP contribution in [0, 0.1) is 0 Å². The number of benzene rings is 1. The number of halogens is 2. The fraction of sp³-hybridized carbons (Fsp3) is 0.300. The van der Waals surface area contributed by atoms with E-state index >= 15 is 0 Å². The van der Waals surface area contributed by atoms with E-state index in [0.717, 1.165) is 0 Å². The average molecular weight is 249 g/mol. The highest BCUT2D eigenvalue weighted by atomic mass is 35.5. The molecule has 0 spiro atoms. The van der Waals surface area contributed by atoms with E-state index in [4.69, 9.17) is 32.7 Å². The zero-order chi connectivity index (χ0) is 11.4. The second kappa shape index (κ2) is 5.24. The van der Waals surface area contributed by atoms with Crippen molar-refractivity contribution < 1.29 is 14.3 Å². The third-order valence-corrected chi connectivity index (χ3v) is 2.24. The number of carbonyl (C=O) groups is 1. The third-order valence-electron chi connectivity index (χ3n) is 1.74. The molecule has 0 radical (unpaired) electrons. The quantitative estimate of drug-likeness (QED) is 0.769. The molecule has 3 nitrogen and oxygen atoms in total. The first-order valence-corrected chi connectivity index (χ1v) is 5.05. The molecule has 0 saturated heterocycles. The minimum Gasteiger partial charge on any atom is -0.491 e. The maximum absolute atomic E-state index is 11.0. The summed E-state index contributed by atoms with van der Waals surface area (Å²) in [5.41, 5.74) is 0.283. The van der Waals surface area contributed by atoms with Crippen molar-refractivity contribution in [2.24, 2.45) is 0 Å². The zero-order valence-electron chi connectivity index (χ0n) is 8.34. The van der Waals surface area contributed by atoms with Crippen LogP contribution < -0.4 is 9.47 Å². The van der Waals surface area contributed by atoms with Gasteiger partial charge in [-0.3, -0.25) is 4.79 Å². The first-order chi connectivity index (χ1) is 7.10. The smallest absolute Gasteiger partial charge is 0.252 e. The zero-order valence-corrected chi connectivity index (χ0v) is 9.85. The van der Waals surface area contributed by atoms with Gasteiger partial charge in [-0.2, -0.15) is 0 Å². The van der Waals surface area contributed by atoms with Crippen LogP contribution >= 0.6 is 23.2 Å². The van der Waals surface area contributed by atoms with Crippen molar-refractivity contribution in [2.75, 3.05) is 13.7 Å². The molecule has 1 rings (SSSR count). The summed E-state index contributed by atoms with van der Waals surface area (Å²) in [5, 5.41) is -0.284. The van der Waals surface area contributed by atoms with Crippen molar-refractivity contribution in [2.45, 2.75) is 6.92 Å². The third kappa shape index (κ3) is 2.76. The Kier molecular flexibility index (Phi) is 4.24. The number of ether oxygens (including phenoxy) is 2. The van der Waals surface area contributed by atoms with Gasteiger partial charge in [-0.1, -0.05) is 11.6 Å². The summed E-state index contributed by atoms with van der Waals surface area (Å²) < 4.78 is 10.3. The molecule has 82 valence electrons. The van der Waals surface area contributed by atoms with Gasteiger partial charge in [0.05, 0.1) is 18.7 Å². The molecule has 0 aromatic heterocycles. The predicted octanol–water partition coefficient (Wildman–Crippen LogP) is 3.13. The Morgan fingerprint density at radius 2 is 2.13 bits per heavy atom. The first-order valence-electron chi connectivity index (χ1n) is 4.30. The van der Waals surface area contributed by atoms with Gasteiger partial charge in [0.15, 0.2) is 11.5 Å². The molecule has 0 N–H and O–H groups in total. The van der Waals surface area contributed by atoms with Crippen molar-refractivity contribution in [3.8, 4) is 11.5 Å². The van der Waals surface area contributed by atoms with Crippen LogP contribution in [0.3, 0.4) is 0 Å². The lowest BCUT2D eigenvalue weighted by molar-refractivity contribution is 0.108. The van der Waals surface area contributed by atoms with E-state index in [1.165, 1.54) is 19.2 Å². The van der Waals surface area contributed by atoms with E-state index in [2.05, 4.69) is 0 Å². The highest BCUT2D eigenvalue weighted by molar-refractivity contribution is 6.67. The highest BCUT2D eigenvalue weighted by Crippen LogP contribution is 2.36. The van der Waals surface area contributed by atoms with E-state index < -0.39 is 5.24 Å². The van der Waals surface area contributed by atoms with Crippen LogP contribution in [0.5, 0.6) is 11.5 Å². The summed E-state index contributed by atoms with van der Waals surface area (Å²) in [7, 11) is 1.48. The van der Waals surface area contributed by atoms with E-state index in [1.807, 2.05) is 6.92 Å². The van der Waals surface area contributed by atoms with Gasteiger partial charge in [0.2, 0.25) is 0 Å². The SMILES string of the molecule is CCOc1cc(C(=O)Cl)cc(Cl)c1OC. The number of rotatable bonds is 4. The summed E-state index contributed by atoms with van der Waals surface area (Å²) in [6.07, 6.45) is 0. The van der Waals surface area contributed by atoms with Gasteiger partial charge in [0.1, 0.15) is 0 Å². The van der Waals surface area contributed by atoms with Crippen LogP contribution in [0.4, 0.5) is 0 Å². The minimum absolute atomic E-state index is 0.283. The predicted molar refractivity (Wildman–Crippen MR) is 59.4 cm³/mol. The van der Waals surface area contributed by atoms with E-state index in [1.54, 1.807) is 0 Å². The molecule has 1 aromatic rings. The van der Waals surface area contributed by atoms with Crippen molar-refractivity contribution in [3.05, 3.63) is 22.7 Å². The van der Waals surface area contributed by atoms with Crippen molar-refractivity contribution >= 4 is 28.4 Å². The highest BCUT2D eigenvalue weighted by Gasteiger charge is 2.14. The number of methoxy groups -OCH3 is 1. The lowest BCUT2D eigenvalue weighted by Gasteiger charge is -2.11. The summed E-state index contributed by atoms with van der Waals surface area (Å²) in [5.74, 6) is 0.816.